The highest BCUT2D eigenvalue weighted by Crippen LogP contribution is 2.26. The fourth-order valence-corrected chi connectivity index (χ4v) is 4.73. The summed E-state index contributed by atoms with van der Waals surface area (Å²) in [6.45, 7) is 5.96. The Bertz CT molecular complexity index is 1010. The molecule has 2 aromatic heterocycles. The smallest absolute Gasteiger partial charge is 0.259 e. The SMILES string of the molecule is Cc1sc2nc(CSCC(=O)N(C)[C@H](C)c3ccccc3)[nH]c(=O)c2c1C. The van der Waals surface area contributed by atoms with Gasteiger partial charge in [-0.2, -0.15) is 0 Å². The number of aryl methyl sites for hydroxylation is 2. The van der Waals surface area contributed by atoms with Crippen molar-refractivity contribution in [1.82, 2.24) is 14.9 Å². The zero-order valence-corrected chi connectivity index (χ0v) is 17.5. The molecule has 0 saturated heterocycles. The van der Waals surface area contributed by atoms with Crippen LogP contribution >= 0.6 is 23.1 Å². The van der Waals surface area contributed by atoms with Crippen LogP contribution in [0.25, 0.3) is 10.2 Å². The second-order valence-corrected chi connectivity index (χ2v) is 8.75. The van der Waals surface area contributed by atoms with E-state index in [0.29, 0.717) is 22.7 Å². The molecule has 0 aliphatic carbocycles. The molecule has 0 bridgehead atoms. The molecule has 0 fully saturated rings. The van der Waals surface area contributed by atoms with Crippen LogP contribution in [-0.4, -0.2) is 33.6 Å². The van der Waals surface area contributed by atoms with Crippen molar-refractivity contribution >= 4 is 39.2 Å². The molecule has 1 atom stereocenters. The Balaban J connectivity index is 1.61. The van der Waals surface area contributed by atoms with Gasteiger partial charge in [-0.05, 0) is 31.9 Å². The van der Waals surface area contributed by atoms with Gasteiger partial charge in [-0.1, -0.05) is 30.3 Å². The molecule has 7 heteroatoms. The first-order chi connectivity index (χ1) is 12.9. The summed E-state index contributed by atoms with van der Waals surface area (Å²) in [7, 11) is 1.82. The molecule has 0 unspecified atom stereocenters. The maximum absolute atomic E-state index is 12.5. The van der Waals surface area contributed by atoms with Crippen LogP contribution in [0.4, 0.5) is 0 Å². The van der Waals surface area contributed by atoms with Gasteiger partial charge < -0.3 is 9.88 Å². The summed E-state index contributed by atoms with van der Waals surface area (Å²) in [6.07, 6.45) is 0. The number of benzene rings is 1. The summed E-state index contributed by atoms with van der Waals surface area (Å²) in [5.41, 5.74) is 2.01. The lowest BCUT2D eigenvalue weighted by molar-refractivity contribution is -0.128. The van der Waals surface area contributed by atoms with Gasteiger partial charge in [0.15, 0.2) is 0 Å². The first-order valence-electron chi connectivity index (χ1n) is 8.75. The van der Waals surface area contributed by atoms with E-state index in [2.05, 4.69) is 9.97 Å². The summed E-state index contributed by atoms with van der Waals surface area (Å²) >= 11 is 3.00. The van der Waals surface area contributed by atoms with Gasteiger partial charge in [0.2, 0.25) is 5.91 Å². The van der Waals surface area contributed by atoms with Gasteiger partial charge in [-0.25, -0.2) is 4.98 Å². The number of thioether (sulfide) groups is 1. The number of nitrogens with one attached hydrogen (secondary N) is 1. The van der Waals surface area contributed by atoms with E-state index in [9.17, 15) is 9.59 Å². The van der Waals surface area contributed by atoms with E-state index < -0.39 is 0 Å². The first-order valence-corrected chi connectivity index (χ1v) is 10.7. The maximum Gasteiger partial charge on any atom is 0.259 e. The van der Waals surface area contributed by atoms with Gasteiger partial charge >= 0.3 is 0 Å². The monoisotopic (exact) mass is 401 g/mol. The Morgan fingerprint density at radius 1 is 1.30 bits per heavy atom. The second kappa shape index (κ2) is 8.27. The van der Waals surface area contributed by atoms with Gasteiger partial charge in [0.05, 0.1) is 22.9 Å². The van der Waals surface area contributed by atoms with Gasteiger partial charge in [-0.3, -0.25) is 9.59 Å². The van der Waals surface area contributed by atoms with E-state index in [1.807, 2.05) is 58.2 Å². The van der Waals surface area contributed by atoms with E-state index in [0.717, 1.165) is 20.8 Å². The predicted molar refractivity (Wildman–Crippen MR) is 114 cm³/mol. The van der Waals surface area contributed by atoms with Crippen LogP contribution in [0.5, 0.6) is 0 Å². The number of hydrogen-bond donors (Lipinski definition) is 1. The third kappa shape index (κ3) is 4.25. The molecule has 1 amide bonds. The molecule has 3 aromatic rings. The summed E-state index contributed by atoms with van der Waals surface area (Å²) in [5, 5.41) is 0.679. The highest BCUT2D eigenvalue weighted by Gasteiger charge is 2.17. The van der Waals surface area contributed by atoms with Crippen LogP contribution < -0.4 is 5.56 Å². The summed E-state index contributed by atoms with van der Waals surface area (Å²) in [4.78, 5) is 35.8. The number of thiophene rings is 1. The van der Waals surface area contributed by atoms with Crippen molar-refractivity contribution in [2.24, 2.45) is 0 Å². The minimum atomic E-state index is -0.0985. The van der Waals surface area contributed by atoms with Gasteiger partial charge in [-0.15, -0.1) is 23.1 Å². The number of aromatic nitrogens is 2. The van der Waals surface area contributed by atoms with Crippen molar-refractivity contribution in [3.05, 3.63) is 62.5 Å². The third-order valence-electron chi connectivity index (χ3n) is 4.81. The third-order valence-corrected chi connectivity index (χ3v) is 6.84. The lowest BCUT2D eigenvalue weighted by atomic mass is 10.1. The van der Waals surface area contributed by atoms with Gasteiger partial charge in [0, 0.05) is 11.9 Å². The molecule has 0 radical (unpaired) electrons. The molecule has 0 spiro atoms. The molecule has 2 heterocycles. The van der Waals surface area contributed by atoms with Crippen LogP contribution in [0, 0.1) is 13.8 Å². The van der Waals surface area contributed by atoms with Crippen molar-refractivity contribution < 1.29 is 4.79 Å². The van der Waals surface area contributed by atoms with Crippen LogP contribution in [0.3, 0.4) is 0 Å². The van der Waals surface area contributed by atoms with Crippen molar-refractivity contribution in [2.45, 2.75) is 32.6 Å². The number of hydrogen-bond acceptors (Lipinski definition) is 5. The average molecular weight is 402 g/mol. The predicted octanol–water partition coefficient (Wildman–Crippen LogP) is 4.05. The van der Waals surface area contributed by atoms with Crippen LogP contribution in [0.2, 0.25) is 0 Å². The van der Waals surface area contributed by atoms with E-state index in [1.165, 1.54) is 23.1 Å². The topological polar surface area (TPSA) is 66.1 Å². The Morgan fingerprint density at radius 2 is 2.00 bits per heavy atom. The van der Waals surface area contributed by atoms with Gasteiger partial charge in [0.25, 0.3) is 5.56 Å². The maximum atomic E-state index is 12.5. The fraction of sp³-hybridized carbons (Fsp3) is 0.350. The van der Waals surface area contributed by atoms with E-state index in [4.69, 9.17) is 0 Å². The summed E-state index contributed by atoms with van der Waals surface area (Å²) in [6, 6.07) is 9.99. The summed E-state index contributed by atoms with van der Waals surface area (Å²) in [5.74, 6) is 1.52. The normalized spacial score (nSPS) is 12.3. The van der Waals surface area contributed by atoms with Gasteiger partial charge in [0.1, 0.15) is 10.7 Å². The molecule has 0 saturated carbocycles. The van der Waals surface area contributed by atoms with Crippen molar-refractivity contribution in [3.8, 4) is 0 Å². The fourth-order valence-electron chi connectivity index (χ4n) is 2.88. The van der Waals surface area contributed by atoms with Crippen molar-refractivity contribution in [3.63, 3.8) is 0 Å². The number of amides is 1. The zero-order chi connectivity index (χ0) is 19.6. The number of nitrogens with zero attached hydrogens (tertiary/aromatic N) is 2. The molecule has 3 rings (SSSR count). The average Bonchev–Trinajstić information content (AvgIpc) is 2.95. The van der Waals surface area contributed by atoms with Crippen LogP contribution in [0.1, 0.15) is 34.8 Å². The Labute approximate surface area is 166 Å². The standard InChI is InChI=1S/C20H23N3O2S2/c1-12-14(3)27-20-18(12)19(25)21-16(22-20)10-26-11-17(24)23(4)13(2)15-8-6-5-7-9-15/h5-9,13H,10-11H2,1-4H3,(H,21,22,25)/t13-/m1/s1. The summed E-state index contributed by atoms with van der Waals surface area (Å²) < 4.78 is 0. The first kappa shape index (κ1) is 19.6. The van der Waals surface area contributed by atoms with Crippen molar-refractivity contribution in [1.29, 1.82) is 0 Å². The minimum Gasteiger partial charge on any atom is -0.338 e. The second-order valence-electron chi connectivity index (χ2n) is 6.56. The molecule has 0 aliphatic heterocycles. The lowest BCUT2D eigenvalue weighted by Crippen LogP contribution is -2.31. The number of H-pyrrole nitrogens is 1. The quantitative estimate of drug-likeness (QED) is 0.677. The van der Waals surface area contributed by atoms with E-state index in [-0.39, 0.29) is 17.5 Å². The number of carbonyl (C=O) groups is 1. The number of aromatic amines is 1. The molecule has 27 heavy (non-hydrogen) atoms. The van der Waals surface area contributed by atoms with E-state index >= 15 is 0 Å². The largest absolute Gasteiger partial charge is 0.338 e. The number of carbonyl (C=O) groups excluding carboxylic acids is 1. The highest BCUT2D eigenvalue weighted by atomic mass is 32.2. The van der Waals surface area contributed by atoms with Crippen molar-refractivity contribution in [2.75, 3.05) is 12.8 Å². The number of fused-ring (bicyclic) bond motifs is 1. The molecule has 1 N–H and O–H groups in total. The minimum absolute atomic E-state index is 0.0191. The van der Waals surface area contributed by atoms with Crippen LogP contribution in [-0.2, 0) is 10.5 Å². The van der Waals surface area contributed by atoms with E-state index in [1.54, 1.807) is 4.90 Å². The highest BCUT2D eigenvalue weighted by molar-refractivity contribution is 7.99. The molecule has 1 aromatic carbocycles. The molecular formula is C20H23N3O2S2. The Hall–Kier alpha value is -2.12. The Morgan fingerprint density at radius 3 is 2.70 bits per heavy atom. The Kier molecular flexibility index (Phi) is 6.01. The number of rotatable bonds is 6. The zero-order valence-electron chi connectivity index (χ0n) is 15.9. The van der Waals surface area contributed by atoms with Crippen LogP contribution in [0.15, 0.2) is 35.1 Å². The molecule has 5 nitrogen and oxygen atoms in total. The molecular weight excluding hydrogens is 378 g/mol. The lowest BCUT2D eigenvalue weighted by Gasteiger charge is -2.25. The molecule has 0 aliphatic rings. The molecule has 142 valence electrons.